The Labute approximate surface area is 256 Å². The standard InChI is InChI=1S/C31H40N8O5/c1-30(2,3)43-28(41)37-14-8-13-31(18-37)19-38(29(42)44-31)22-11-12-24(32-17-22)34-27-33-16-20-15-23(26(40)36(4)5)39(25(20)35-27)21-9-6-7-10-21/h11-12,15-17,21H,6-10,13-14,18-19H2,1-5H3,(H,32,33,34,35)/t31-/m1/s1. The molecule has 3 aromatic rings. The smallest absolute Gasteiger partial charge is 0.415 e. The number of amides is 3. The van der Waals surface area contributed by atoms with Crippen LogP contribution < -0.4 is 10.2 Å². The molecule has 1 atom stereocenters. The minimum absolute atomic E-state index is 0.0605. The van der Waals surface area contributed by atoms with E-state index in [4.69, 9.17) is 14.5 Å². The molecule has 6 rings (SSSR count). The van der Waals surface area contributed by atoms with E-state index in [-0.39, 0.29) is 18.5 Å². The summed E-state index contributed by atoms with van der Waals surface area (Å²) in [6.45, 7) is 6.64. The average molecular weight is 605 g/mol. The number of pyridine rings is 1. The molecule has 3 aromatic heterocycles. The second kappa shape index (κ2) is 11.3. The van der Waals surface area contributed by atoms with Crippen LogP contribution in [0.25, 0.3) is 11.0 Å². The lowest BCUT2D eigenvalue weighted by atomic mass is 9.93. The van der Waals surface area contributed by atoms with Crippen molar-refractivity contribution in [1.29, 1.82) is 0 Å². The third-order valence-corrected chi connectivity index (χ3v) is 8.35. The highest BCUT2D eigenvalue weighted by atomic mass is 16.6. The van der Waals surface area contributed by atoms with Crippen LogP contribution in [0.3, 0.4) is 0 Å². The van der Waals surface area contributed by atoms with Crippen molar-refractivity contribution in [3.05, 3.63) is 36.3 Å². The first-order chi connectivity index (χ1) is 20.9. The van der Waals surface area contributed by atoms with Crippen molar-refractivity contribution in [1.82, 2.24) is 29.3 Å². The van der Waals surface area contributed by atoms with Crippen molar-refractivity contribution in [2.45, 2.75) is 76.5 Å². The van der Waals surface area contributed by atoms with E-state index in [0.29, 0.717) is 54.7 Å². The molecule has 2 saturated heterocycles. The number of nitrogens with one attached hydrogen (secondary N) is 1. The van der Waals surface area contributed by atoms with E-state index in [0.717, 1.165) is 31.1 Å². The van der Waals surface area contributed by atoms with E-state index in [1.54, 1.807) is 53.3 Å². The van der Waals surface area contributed by atoms with Crippen molar-refractivity contribution in [2.24, 2.45) is 0 Å². The average Bonchev–Trinajstić information content (AvgIpc) is 3.70. The Morgan fingerprint density at radius 3 is 2.55 bits per heavy atom. The second-order valence-electron chi connectivity index (χ2n) is 13.2. The van der Waals surface area contributed by atoms with E-state index in [9.17, 15) is 14.4 Å². The lowest BCUT2D eigenvalue weighted by Gasteiger charge is -2.38. The van der Waals surface area contributed by atoms with Gasteiger partial charge in [0, 0.05) is 38.3 Å². The van der Waals surface area contributed by atoms with Gasteiger partial charge in [-0.1, -0.05) is 12.8 Å². The first kappa shape index (κ1) is 29.6. The molecule has 2 aliphatic heterocycles. The summed E-state index contributed by atoms with van der Waals surface area (Å²) in [5.41, 5.74) is 0.521. The second-order valence-corrected chi connectivity index (χ2v) is 13.2. The molecule has 0 aromatic carbocycles. The van der Waals surface area contributed by atoms with Crippen molar-refractivity contribution in [3.63, 3.8) is 0 Å². The number of anilines is 3. The van der Waals surface area contributed by atoms with Crippen LogP contribution in [0.15, 0.2) is 30.6 Å². The van der Waals surface area contributed by atoms with Gasteiger partial charge >= 0.3 is 12.2 Å². The van der Waals surface area contributed by atoms with Gasteiger partial charge in [-0.2, -0.15) is 4.98 Å². The number of likely N-dealkylation sites (tertiary alicyclic amines) is 1. The fourth-order valence-corrected chi connectivity index (χ4v) is 6.34. The zero-order valence-corrected chi connectivity index (χ0v) is 26.0. The summed E-state index contributed by atoms with van der Waals surface area (Å²) >= 11 is 0. The van der Waals surface area contributed by atoms with Gasteiger partial charge in [0.2, 0.25) is 5.95 Å². The van der Waals surface area contributed by atoms with E-state index in [2.05, 4.69) is 19.9 Å². The molecule has 3 fully saturated rings. The fourth-order valence-electron chi connectivity index (χ4n) is 6.34. The van der Waals surface area contributed by atoms with Crippen LogP contribution in [0.4, 0.5) is 27.0 Å². The molecule has 0 bridgehead atoms. The molecule has 13 nitrogen and oxygen atoms in total. The normalized spacial score (nSPS) is 20.8. The van der Waals surface area contributed by atoms with Crippen molar-refractivity contribution in [3.8, 4) is 0 Å². The number of fused-ring (bicyclic) bond motifs is 1. The van der Waals surface area contributed by atoms with E-state index >= 15 is 0 Å². The van der Waals surface area contributed by atoms with Crippen LogP contribution in [0.2, 0.25) is 0 Å². The monoisotopic (exact) mass is 604 g/mol. The minimum Gasteiger partial charge on any atom is -0.444 e. The maximum atomic E-state index is 13.0. The summed E-state index contributed by atoms with van der Waals surface area (Å²) in [6, 6.07) is 5.63. The number of carbonyl (C=O) groups is 3. The van der Waals surface area contributed by atoms with Crippen LogP contribution in [0, 0.1) is 0 Å². The predicted octanol–water partition coefficient (Wildman–Crippen LogP) is 5.11. The van der Waals surface area contributed by atoms with Gasteiger partial charge in [0.05, 0.1) is 25.0 Å². The van der Waals surface area contributed by atoms with E-state index in [1.807, 2.05) is 26.8 Å². The highest BCUT2D eigenvalue weighted by Crippen LogP contribution is 2.36. The van der Waals surface area contributed by atoms with Gasteiger partial charge in [-0.3, -0.25) is 9.69 Å². The van der Waals surface area contributed by atoms with Gasteiger partial charge in [-0.05, 0) is 64.7 Å². The number of hydrogen-bond donors (Lipinski definition) is 1. The number of hydrogen-bond acceptors (Lipinski definition) is 9. The molecular weight excluding hydrogens is 564 g/mol. The lowest BCUT2D eigenvalue weighted by Crippen LogP contribution is -2.53. The Morgan fingerprint density at radius 1 is 1.09 bits per heavy atom. The number of ether oxygens (including phenoxy) is 2. The molecule has 1 spiro atoms. The molecule has 3 aliphatic rings. The molecule has 3 amide bonds. The topological polar surface area (TPSA) is 135 Å². The number of nitrogens with zero attached hydrogens (tertiary/aromatic N) is 7. The van der Waals surface area contributed by atoms with Gasteiger partial charge < -0.3 is 29.2 Å². The first-order valence-corrected chi connectivity index (χ1v) is 15.2. The number of aromatic nitrogens is 4. The van der Waals surface area contributed by atoms with Gasteiger partial charge in [0.15, 0.2) is 0 Å². The first-order valence-electron chi connectivity index (χ1n) is 15.2. The van der Waals surface area contributed by atoms with Crippen molar-refractivity contribution >= 4 is 46.6 Å². The van der Waals surface area contributed by atoms with Crippen LogP contribution in [0.5, 0.6) is 0 Å². The SMILES string of the molecule is CN(C)C(=O)c1cc2cnc(Nc3ccc(N4C[C@]5(CCCN(C(=O)OC(C)(C)C)C5)OC4=O)cn3)nc2n1C1CCCC1. The Morgan fingerprint density at radius 2 is 1.86 bits per heavy atom. The predicted molar refractivity (Wildman–Crippen MR) is 164 cm³/mol. The lowest BCUT2D eigenvalue weighted by molar-refractivity contribution is -0.0275. The molecule has 0 radical (unpaired) electrons. The summed E-state index contributed by atoms with van der Waals surface area (Å²) < 4.78 is 13.5. The third-order valence-electron chi connectivity index (χ3n) is 8.35. The highest BCUT2D eigenvalue weighted by Gasteiger charge is 2.49. The Balaban J connectivity index is 1.17. The van der Waals surface area contributed by atoms with E-state index < -0.39 is 23.4 Å². The molecule has 13 heteroatoms. The van der Waals surface area contributed by atoms with Gasteiger partial charge in [0.25, 0.3) is 5.91 Å². The maximum absolute atomic E-state index is 13.0. The van der Waals surface area contributed by atoms with Gasteiger partial charge in [-0.25, -0.2) is 19.6 Å². The Hall–Kier alpha value is -4.42. The van der Waals surface area contributed by atoms with Crippen LogP contribution in [0.1, 0.15) is 75.8 Å². The number of rotatable bonds is 5. The molecule has 1 aliphatic carbocycles. The number of piperidine rings is 1. The Bertz CT molecular complexity index is 1570. The summed E-state index contributed by atoms with van der Waals surface area (Å²) in [6.07, 6.45) is 8.08. The highest BCUT2D eigenvalue weighted by molar-refractivity contribution is 5.98. The molecular formula is C31H40N8O5. The molecule has 1 saturated carbocycles. The molecule has 234 valence electrons. The summed E-state index contributed by atoms with van der Waals surface area (Å²) in [5.74, 6) is 0.810. The summed E-state index contributed by atoms with van der Waals surface area (Å²) in [4.78, 5) is 57.2. The largest absolute Gasteiger partial charge is 0.444 e. The molecule has 5 heterocycles. The molecule has 44 heavy (non-hydrogen) atoms. The maximum Gasteiger partial charge on any atom is 0.415 e. The number of carbonyl (C=O) groups excluding carboxylic acids is 3. The summed E-state index contributed by atoms with van der Waals surface area (Å²) in [7, 11) is 3.50. The van der Waals surface area contributed by atoms with Gasteiger partial charge in [0.1, 0.15) is 28.4 Å². The zero-order valence-electron chi connectivity index (χ0n) is 26.0. The third kappa shape index (κ3) is 5.87. The Kier molecular flexibility index (Phi) is 7.58. The van der Waals surface area contributed by atoms with Crippen LogP contribution in [-0.4, -0.2) is 92.3 Å². The van der Waals surface area contributed by atoms with Gasteiger partial charge in [-0.15, -0.1) is 0 Å². The fraction of sp³-hybridized carbons (Fsp3) is 0.548. The quantitative estimate of drug-likeness (QED) is 0.421. The van der Waals surface area contributed by atoms with Crippen molar-refractivity contribution in [2.75, 3.05) is 43.9 Å². The zero-order chi connectivity index (χ0) is 31.2. The van der Waals surface area contributed by atoms with Crippen molar-refractivity contribution < 1.29 is 23.9 Å². The molecule has 0 unspecified atom stereocenters. The van der Waals surface area contributed by atoms with Crippen LogP contribution >= 0.6 is 0 Å². The van der Waals surface area contributed by atoms with E-state index in [1.165, 1.54) is 0 Å². The minimum atomic E-state index is -0.798. The summed E-state index contributed by atoms with van der Waals surface area (Å²) in [5, 5.41) is 3.97. The van der Waals surface area contributed by atoms with Crippen LogP contribution in [-0.2, 0) is 9.47 Å². The molecule has 1 N–H and O–H groups in total.